The first-order valence-electron chi connectivity index (χ1n) is 48.8. The van der Waals surface area contributed by atoms with Crippen LogP contribution in [-0.4, -0.2) is 44.9 Å². The highest BCUT2D eigenvalue weighted by molar-refractivity contribution is 6.29. The summed E-state index contributed by atoms with van der Waals surface area (Å²) in [7, 11) is 0. The minimum absolute atomic E-state index is 0.839. The SMILES string of the molecule is c1cc(-c2ccc3c4ccccc4c4ccccc4c3c2)cc(-c2ccc3ccc4ccc(-c5ccc6ccccc6n5)nc4c3n2)c1.c1cc(-c2ccc3c4ccccc4c4ccccc4c3c2)cc(-c2ccc3ccc4ccc(-c5cnc6ccccc6c5)nc4c3n2)c1.c1ccc2nc(-c3ccc4ccc5ccc(-c6ccc(-c7ccc8c9ccccc9c9ccccc9c8c7)cc6)nc5c4n3)ccc2c1. The fourth-order valence-corrected chi connectivity index (χ4v) is 21.7. The Kier molecular flexibility index (Phi) is 19.8. The normalized spacial score (nSPS) is 11.8. The Morgan fingerprint density at radius 3 is 0.674 bits per heavy atom. The summed E-state index contributed by atoms with van der Waals surface area (Å²) in [6, 6.07) is 172. The van der Waals surface area contributed by atoms with Crippen molar-refractivity contribution >= 4 is 195 Å². The van der Waals surface area contributed by atoms with Crippen LogP contribution >= 0.6 is 0 Å². The predicted octanol–water partition coefficient (Wildman–Crippen LogP) is 35.4. The Labute approximate surface area is 826 Å². The van der Waals surface area contributed by atoms with Gasteiger partial charge in [-0.15, -0.1) is 0 Å². The zero-order valence-corrected chi connectivity index (χ0v) is 77.8. The van der Waals surface area contributed by atoms with E-state index in [1.807, 2.05) is 85.1 Å². The smallest absolute Gasteiger partial charge is 0.0973 e. The van der Waals surface area contributed by atoms with Gasteiger partial charge in [-0.1, -0.05) is 382 Å². The lowest BCUT2D eigenvalue weighted by Crippen LogP contribution is -1.92. The monoisotopic (exact) mass is 1830 g/mol. The second-order valence-corrected chi connectivity index (χ2v) is 37.3. The van der Waals surface area contributed by atoms with E-state index in [9.17, 15) is 0 Å². The quantitative estimate of drug-likeness (QED) is 0.130. The molecule has 30 rings (SSSR count). The molecule has 0 atom stereocenters. The molecule has 21 aromatic carbocycles. The van der Waals surface area contributed by atoms with Crippen molar-refractivity contribution in [1.29, 1.82) is 0 Å². The molecule has 0 aliphatic heterocycles. The summed E-state index contributed by atoms with van der Waals surface area (Å²) >= 11 is 0. The van der Waals surface area contributed by atoms with E-state index in [0.29, 0.717) is 0 Å². The molecule has 0 saturated heterocycles. The number of pyridine rings is 9. The van der Waals surface area contributed by atoms with E-state index in [-0.39, 0.29) is 0 Å². The van der Waals surface area contributed by atoms with Crippen LogP contribution < -0.4 is 0 Å². The molecule has 0 bridgehead atoms. The molecule has 0 saturated carbocycles. The maximum atomic E-state index is 5.24. The van der Waals surface area contributed by atoms with E-state index in [0.717, 1.165) is 177 Å². The maximum Gasteiger partial charge on any atom is 0.0973 e. The summed E-state index contributed by atoms with van der Waals surface area (Å²) in [5, 5.41) is 32.8. The molecule has 9 heterocycles. The molecule has 0 unspecified atom stereocenters. The Bertz CT molecular complexity index is 10100. The van der Waals surface area contributed by atoms with Crippen molar-refractivity contribution in [1.82, 2.24) is 44.9 Å². The van der Waals surface area contributed by atoms with Crippen LogP contribution in [0.5, 0.6) is 0 Å². The Morgan fingerprint density at radius 2 is 0.326 bits per heavy atom. The number of hydrogen-bond donors (Lipinski definition) is 0. The molecule has 9 heteroatoms. The molecule has 0 amide bonds. The molecule has 0 aliphatic carbocycles. The zero-order chi connectivity index (χ0) is 94.8. The first-order chi connectivity index (χ1) is 71.3. The molecular formula is C135H81N9. The number of benzene rings is 21. The van der Waals surface area contributed by atoms with E-state index in [4.69, 9.17) is 39.9 Å². The highest BCUT2D eigenvalue weighted by atomic mass is 14.8. The van der Waals surface area contributed by atoms with Gasteiger partial charge in [-0.25, -0.2) is 39.9 Å². The summed E-state index contributed by atoms with van der Waals surface area (Å²) in [5.41, 5.74) is 26.6. The van der Waals surface area contributed by atoms with E-state index >= 15 is 0 Å². The summed E-state index contributed by atoms with van der Waals surface area (Å²) in [6.45, 7) is 0. The third-order valence-corrected chi connectivity index (χ3v) is 28.9. The Morgan fingerprint density at radius 1 is 0.104 bits per heavy atom. The summed E-state index contributed by atoms with van der Waals surface area (Å²) in [6.07, 6.45) is 1.91. The molecule has 666 valence electrons. The highest BCUT2D eigenvalue weighted by Crippen LogP contribution is 2.45. The van der Waals surface area contributed by atoms with Gasteiger partial charge in [0.2, 0.25) is 0 Å². The van der Waals surface area contributed by atoms with Crippen LogP contribution in [0.4, 0.5) is 0 Å². The topological polar surface area (TPSA) is 116 Å². The fraction of sp³-hybridized carbons (Fsp3) is 0. The molecular weight excluding hydrogens is 1750 g/mol. The van der Waals surface area contributed by atoms with E-state index in [1.54, 1.807) is 0 Å². The first kappa shape index (κ1) is 82.9. The molecule has 144 heavy (non-hydrogen) atoms. The van der Waals surface area contributed by atoms with E-state index in [2.05, 4.69) is 411 Å². The second kappa shape index (κ2) is 34.4. The lowest BCUT2D eigenvalue weighted by molar-refractivity contribution is 1.31. The minimum atomic E-state index is 0.839. The maximum absolute atomic E-state index is 5.24. The van der Waals surface area contributed by atoms with E-state index in [1.165, 1.54) is 119 Å². The van der Waals surface area contributed by atoms with Gasteiger partial charge in [0, 0.05) is 76.9 Å². The molecule has 9 nitrogen and oxygen atoms in total. The second-order valence-electron chi connectivity index (χ2n) is 37.3. The third kappa shape index (κ3) is 14.6. The number of rotatable bonds is 9. The van der Waals surface area contributed by atoms with Crippen LogP contribution in [0.25, 0.3) is 296 Å². The van der Waals surface area contributed by atoms with Crippen LogP contribution in [0.3, 0.4) is 0 Å². The van der Waals surface area contributed by atoms with Crippen molar-refractivity contribution in [3.63, 3.8) is 0 Å². The van der Waals surface area contributed by atoms with Gasteiger partial charge < -0.3 is 0 Å². The van der Waals surface area contributed by atoms with Crippen molar-refractivity contribution in [2.75, 3.05) is 0 Å². The average Bonchev–Trinajstić information content (AvgIpc) is 0.737. The molecule has 30 aromatic rings. The first-order valence-corrected chi connectivity index (χ1v) is 48.8. The Balaban J connectivity index is 0.000000105. The van der Waals surface area contributed by atoms with E-state index < -0.39 is 0 Å². The Hall–Kier alpha value is -19.4. The summed E-state index contributed by atoms with van der Waals surface area (Å²) in [4.78, 5) is 45.5. The summed E-state index contributed by atoms with van der Waals surface area (Å²) < 4.78 is 0. The van der Waals surface area contributed by atoms with Crippen LogP contribution in [0.15, 0.2) is 492 Å². The third-order valence-electron chi connectivity index (χ3n) is 28.9. The van der Waals surface area contributed by atoms with Crippen molar-refractivity contribution in [2.45, 2.75) is 0 Å². The molecule has 0 N–H and O–H groups in total. The largest absolute Gasteiger partial charge is 0.256 e. The highest BCUT2D eigenvalue weighted by Gasteiger charge is 2.21. The standard InChI is InChI=1S/3C45H27N3/c1-6-15-40-28(8-1)19-24-42(46-40)43-25-21-30-17-16-29-20-23-41(47-44(29)45(30)48-43)33-10-7-9-31(26-33)32-18-22-38-36-13-3-2-11-34(36)35-12-4-5-14-37(35)39(38)27-32;1-6-15-41-32(8-1)25-34(27-46-41)43-23-20-29-17-16-28-19-22-42(47-44(28)45(29)48-43)33-10-7-9-30(24-33)31-18-21-39-37-13-3-2-11-35(37)36-12-4-5-14-38(36)40(39)26-31;1-6-12-40-29(7-1)20-25-42(46-40)43-26-22-32-18-17-31-21-24-41(47-44(31)45(32)48-43)30-15-13-28(14-16-30)33-19-23-38-36-10-3-2-8-34(36)35-9-4-5-11-37(35)39(38)27-33/h3*1-27H. The minimum Gasteiger partial charge on any atom is -0.256 e. The van der Waals surface area contributed by atoms with Crippen molar-refractivity contribution in [2.24, 2.45) is 0 Å². The van der Waals surface area contributed by atoms with Crippen molar-refractivity contribution in [3.05, 3.63) is 492 Å². The lowest BCUT2D eigenvalue weighted by Gasteiger charge is -2.13. The number of nitrogens with zero attached hydrogens (tertiary/aromatic N) is 9. The number of para-hydroxylation sites is 3. The number of aromatic nitrogens is 9. The van der Waals surface area contributed by atoms with Crippen molar-refractivity contribution in [3.8, 4) is 101 Å². The zero-order valence-electron chi connectivity index (χ0n) is 77.8. The van der Waals surface area contributed by atoms with Crippen LogP contribution in [0, 0.1) is 0 Å². The number of fused-ring (bicyclic) bond motifs is 30. The summed E-state index contributed by atoms with van der Waals surface area (Å²) in [5.74, 6) is 0. The van der Waals surface area contributed by atoms with Gasteiger partial charge >= 0.3 is 0 Å². The lowest BCUT2D eigenvalue weighted by atomic mass is 9.91. The van der Waals surface area contributed by atoms with Crippen LogP contribution in [-0.2, 0) is 0 Å². The fourth-order valence-electron chi connectivity index (χ4n) is 21.7. The van der Waals surface area contributed by atoms with Crippen LogP contribution in [0.1, 0.15) is 0 Å². The molecule has 0 fully saturated rings. The van der Waals surface area contributed by atoms with Crippen molar-refractivity contribution < 1.29 is 0 Å². The van der Waals surface area contributed by atoms with Gasteiger partial charge in [0.1, 0.15) is 0 Å². The van der Waals surface area contributed by atoms with Gasteiger partial charge in [-0.2, -0.15) is 0 Å². The molecule has 0 aliphatic rings. The molecule has 0 spiro atoms. The number of hydrogen-bond acceptors (Lipinski definition) is 9. The van der Waals surface area contributed by atoms with Gasteiger partial charge in [0.15, 0.2) is 0 Å². The van der Waals surface area contributed by atoms with Crippen LogP contribution in [0.2, 0.25) is 0 Å². The predicted molar refractivity (Wildman–Crippen MR) is 604 cm³/mol. The molecule has 9 aromatic heterocycles. The average molecular weight is 1830 g/mol. The van der Waals surface area contributed by atoms with Gasteiger partial charge in [0.25, 0.3) is 0 Å². The van der Waals surface area contributed by atoms with Gasteiger partial charge in [0.05, 0.1) is 95.2 Å². The molecule has 0 radical (unpaired) electrons. The van der Waals surface area contributed by atoms with Gasteiger partial charge in [-0.05, 0) is 233 Å². The van der Waals surface area contributed by atoms with Gasteiger partial charge in [-0.3, -0.25) is 4.98 Å².